The van der Waals surface area contributed by atoms with E-state index in [9.17, 15) is 23.3 Å². The van der Waals surface area contributed by atoms with E-state index < -0.39 is 27.1 Å². The van der Waals surface area contributed by atoms with Crippen molar-refractivity contribution >= 4 is 39.0 Å². The number of carbonyl (C=O) groups is 1. The molecule has 2 aromatic rings. The summed E-state index contributed by atoms with van der Waals surface area (Å²) in [6, 6.07) is 9.44. The minimum atomic E-state index is -3.65. The summed E-state index contributed by atoms with van der Waals surface area (Å²) in [5.41, 5.74) is 4.76. The Balaban J connectivity index is 2.60. The van der Waals surface area contributed by atoms with Crippen LogP contribution in [0.3, 0.4) is 0 Å². The molecule has 0 heterocycles. The predicted molar refractivity (Wildman–Crippen MR) is 118 cm³/mol. The Labute approximate surface area is 185 Å². The molecule has 1 N–H and O–H groups in total. The zero-order valence-corrected chi connectivity index (χ0v) is 19.0. The van der Waals surface area contributed by atoms with Crippen molar-refractivity contribution in [2.45, 2.75) is 33.3 Å². The highest BCUT2D eigenvalue weighted by molar-refractivity contribution is 7.86. The largest absolute Gasteiger partial charge is 0.274 e. The fraction of sp³-hybridized carbons (Fsp3) is 0.300. The zero-order valence-electron chi connectivity index (χ0n) is 17.4. The van der Waals surface area contributed by atoms with E-state index in [0.717, 1.165) is 6.26 Å². The van der Waals surface area contributed by atoms with Gasteiger partial charge in [-0.05, 0) is 43.7 Å². The van der Waals surface area contributed by atoms with Crippen molar-refractivity contribution in [2.75, 3.05) is 6.26 Å². The van der Waals surface area contributed by atoms with Crippen LogP contribution in [0.15, 0.2) is 41.5 Å². The lowest BCUT2D eigenvalue weighted by atomic mass is 9.93. The highest BCUT2D eigenvalue weighted by Gasteiger charge is 2.20. The van der Waals surface area contributed by atoms with Crippen LogP contribution in [0.1, 0.15) is 36.1 Å². The Morgan fingerprint density at radius 1 is 1.29 bits per heavy atom. The minimum absolute atomic E-state index is 0.0517. The summed E-state index contributed by atoms with van der Waals surface area (Å²) >= 11 is 6.19. The van der Waals surface area contributed by atoms with Gasteiger partial charge in [-0.3, -0.25) is 19.1 Å². The van der Waals surface area contributed by atoms with Gasteiger partial charge < -0.3 is 0 Å². The van der Waals surface area contributed by atoms with Crippen molar-refractivity contribution in [3.8, 4) is 0 Å². The first-order valence-corrected chi connectivity index (χ1v) is 11.3. The Kier molecular flexibility index (Phi) is 7.88. The molecule has 0 unspecified atom stereocenters. The first kappa shape index (κ1) is 24.4. The average Bonchev–Trinajstić information content (AvgIpc) is 2.62. The molecule has 0 radical (unpaired) electrons. The Bertz CT molecular complexity index is 1150. The molecule has 1 amide bonds. The van der Waals surface area contributed by atoms with Crippen LogP contribution >= 0.6 is 11.6 Å². The van der Waals surface area contributed by atoms with Gasteiger partial charge in [-0.15, -0.1) is 0 Å². The van der Waals surface area contributed by atoms with Gasteiger partial charge in [-0.25, -0.2) is 5.43 Å². The highest BCUT2D eigenvalue weighted by atomic mass is 35.5. The molecule has 31 heavy (non-hydrogen) atoms. The molecule has 0 aliphatic rings. The van der Waals surface area contributed by atoms with E-state index in [2.05, 4.69) is 10.5 Å². The van der Waals surface area contributed by atoms with E-state index in [1.807, 2.05) is 0 Å². The number of aryl methyl sites for hydroxylation is 1. The molecule has 166 valence electrons. The first-order valence-electron chi connectivity index (χ1n) is 9.14. The summed E-state index contributed by atoms with van der Waals surface area (Å²) in [5, 5.41) is 15.7. The van der Waals surface area contributed by atoms with Gasteiger partial charge in [0, 0.05) is 41.1 Å². The van der Waals surface area contributed by atoms with Crippen LogP contribution in [0, 0.1) is 17.0 Å². The molecule has 2 rings (SSSR count). The molecular weight excluding hydrogens is 446 g/mol. The fourth-order valence-corrected chi connectivity index (χ4v) is 3.85. The molecule has 0 aromatic heterocycles. The van der Waals surface area contributed by atoms with Crippen molar-refractivity contribution in [1.82, 2.24) is 5.43 Å². The number of nitrogens with one attached hydrogen (secondary N) is 1. The van der Waals surface area contributed by atoms with Gasteiger partial charge in [0.25, 0.3) is 15.8 Å². The summed E-state index contributed by atoms with van der Waals surface area (Å²) in [6.07, 6.45) is 0.510. The number of hydrogen-bond acceptors (Lipinski definition) is 7. The van der Waals surface area contributed by atoms with Crippen LogP contribution in [0.5, 0.6) is 0 Å². The SMILES string of the molecule is CC(=O)NN=C(c1ccc([N+](=O)[O-])c(C)c1)c1cc(Cl)ccc1C[C@@H](C)OS(C)(=O)=O. The molecular formula is C20H22ClN3O6S. The predicted octanol–water partition coefficient (Wildman–Crippen LogP) is 3.35. The second-order valence-electron chi connectivity index (χ2n) is 7.00. The van der Waals surface area contributed by atoms with Gasteiger partial charge in [0.2, 0.25) is 5.91 Å². The highest BCUT2D eigenvalue weighted by Crippen LogP contribution is 2.25. The second-order valence-corrected chi connectivity index (χ2v) is 9.04. The van der Waals surface area contributed by atoms with Gasteiger partial charge >= 0.3 is 0 Å². The van der Waals surface area contributed by atoms with Crippen LogP contribution in [0.2, 0.25) is 5.02 Å². The number of amides is 1. The third kappa shape index (κ3) is 7.12. The maximum atomic E-state index is 11.5. The van der Waals surface area contributed by atoms with E-state index in [-0.39, 0.29) is 12.1 Å². The molecule has 0 spiro atoms. The lowest BCUT2D eigenvalue weighted by Crippen LogP contribution is -2.21. The fourth-order valence-electron chi connectivity index (χ4n) is 3.01. The number of carbonyl (C=O) groups excluding carboxylic acids is 1. The van der Waals surface area contributed by atoms with E-state index in [1.165, 1.54) is 19.1 Å². The van der Waals surface area contributed by atoms with Crippen LogP contribution in [0.25, 0.3) is 0 Å². The van der Waals surface area contributed by atoms with Crippen molar-refractivity contribution in [3.05, 3.63) is 73.8 Å². The lowest BCUT2D eigenvalue weighted by Gasteiger charge is -2.17. The number of halogens is 1. The number of nitrogens with zero attached hydrogens (tertiary/aromatic N) is 2. The Morgan fingerprint density at radius 3 is 2.52 bits per heavy atom. The van der Waals surface area contributed by atoms with E-state index >= 15 is 0 Å². The number of hydrazone groups is 1. The molecule has 2 aromatic carbocycles. The van der Waals surface area contributed by atoms with Crippen LogP contribution in [0.4, 0.5) is 5.69 Å². The van der Waals surface area contributed by atoms with Gasteiger partial charge in [0.1, 0.15) is 0 Å². The third-order valence-corrected chi connectivity index (χ3v) is 5.08. The van der Waals surface area contributed by atoms with Gasteiger partial charge in [0.05, 0.1) is 23.0 Å². The van der Waals surface area contributed by atoms with E-state index in [4.69, 9.17) is 15.8 Å². The number of nitro groups is 1. The molecule has 0 fully saturated rings. The molecule has 9 nitrogen and oxygen atoms in total. The summed E-state index contributed by atoms with van der Waals surface area (Å²) < 4.78 is 27.9. The van der Waals surface area contributed by atoms with Crippen molar-refractivity contribution in [1.29, 1.82) is 0 Å². The van der Waals surface area contributed by atoms with Crippen LogP contribution < -0.4 is 5.43 Å². The maximum Gasteiger partial charge on any atom is 0.272 e. The minimum Gasteiger partial charge on any atom is -0.274 e. The normalized spacial score (nSPS) is 13.0. The van der Waals surface area contributed by atoms with Gasteiger partial charge in [-0.1, -0.05) is 17.7 Å². The molecule has 0 aliphatic carbocycles. The number of nitro benzene ring substituents is 1. The average molecular weight is 468 g/mol. The molecule has 0 saturated heterocycles. The van der Waals surface area contributed by atoms with Gasteiger partial charge in [-0.2, -0.15) is 13.5 Å². The Morgan fingerprint density at radius 2 is 1.97 bits per heavy atom. The monoisotopic (exact) mass is 467 g/mol. The first-order chi connectivity index (χ1) is 14.4. The standard InChI is InChI=1S/C20H22ClN3O6S/c1-12-9-16(6-8-19(12)24(26)27)20(23-22-14(3)25)18-11-17(21)7-5-15(18)10-13(2)30-31(4,28)29/h5-9,11,13H,10H2,1-4H3,(H,22,25)/t13-/m1/s1. The molecule has 1 atom stereocenters. The second kappa shape index (κ2) is 9.99. The van der Waals surface area contributed by atoms with Gasteiger partial charge in [0.15, 0.2) is 0 Å². The topological polar surface area (TPSA) is 128 Å². The van der Waals surface area contributed by atoms with Crippen LogP contribution in [-0.2, 0) is 25.5 Å². The molecule has 0 bridgehead atoms. The third-order valence-electron chi connectivity index (χ3n) is 4.17. The molecule has 0 aliphatic heterocycles. The summed E-state index contributed by atoms with van der Waals surface area (Å²) in [7, 11) is -3.65. The lowest BCUT2D eigenvalue weighted by molar-refractivity contribution is -0.385. The maximum absolute atomic E-state index is 11.5. The summed E-state index contributed by atoms with van der Waals surface area (Å²) in [5.74, 6) is -0.409. The zero-order chi connectivity index (χ0) is 23.3. The molecule has 11 heteroatoms. The van der Waals surface area contributed by atoms with E-state index in [1.54, 1.807) is 38.1 Å². The Hall–Kier alpha value is -2.82. The summed E-state index contributed by atoms with van der Waals surface area (Å²) in [4.78, 5) is 22.2. The number of hydrogen-bond donors (Lipinski definition) is 1. The van der Waals surface area contributed by atoms with E-state index in [0.29, 0.717) is 33.0 Å². The number of rotatable bonds is 8. The number of benzene rings is 2. The molecule has 0 saturated carbocycles. The van der Waals surface area contributed by atoms with Crippen molar-refractivity contribution in [3.63, 3.8) is 0 Å². The quantitative estimate of drug-likeness (QED) is 0.274. The van der Waals surface area contributed by atoms with Crippen molar-refractivity contribution < 1.29 is 22.3 Å². The van der Waals surface area contributed by atoms with Crippen LogP contribution in [-0.4, -0.2) is 37.3 Å². The summed E-state index contributed by atoms with van der Waals surface area (Å²) in [6.45, 7) is 4.50. The van der Waals surface area contributed by atoms with Crippen molar-refractivity contribution in [2.24, 2.45) is 5.10 Å². The smallest absolute Gasteiger partial charge is 0.272 e.